The molecule has 1 aromatic heterocycles. The summed E-state index contributed by atoms with van der Waals surface area (Å²) >= 11 is 0. The third kappa shape index (κ3) is 7.15. The van der Waals surface area contributed by atoms with E-state index in [4.69, 9.17) is 0 Å². The number of aliphatic imine (C=N–C) groups is 1. The van der Waals surface area contributed by atoms with Crippen molar-refractivity contribution < 1.29 is 17.9 Å². The fourth-order valence-electron chi connectivity index (χ4n) is 2.00. The molecule has 25 heavy (non-hydrogen) atoms. The molecule has 9 heteroatoms. The van der Waals surface area contributed by atoms with E-state index >= 15 is 0 Å². The standard InChI is InChI=1S/C16H20F3N5O/c1-20-15(21-8-10-24-9-2-7-23-24)22-11-13-3-5-14(6-4-13)25-12-16(17,18)19/h2-7,9H,8,10-12H2,1H3,(H2,20,21,22). The molecule has 0 saturated carbocycles. The van der Waals surface area contributed by atoms with Crippen LogP contribution in [0.3, 0.4) is 0 Å². The first kappa shape index (κ1) is 18.6. The van der Waals surface area contributed by atoms with Gasteiger partial charge in [0, 0.05) is 32.5 Å². The van der Waals surface area contributed by atoms with Gasteiger partial charge in [-0.2, -0.15) is 18.3 Å². The Morgan fingerprint density at radius 1 is 1.24 bits per heavy atom. The Morgan fingerprint density at radius 3 is 2.60 bits per heavy atom. The van der Waals surface area contributed by atoms with Crippen molar-refractivity contribution in [1.82, 2.24) is 20.4 Å². The van der Waals surface area contributed by atoms with E-state index in [2.05, 4.69) is 25.5 Å². The van der Waals surface area contributed by atoms with Gasteiger partial charge in [0.05, 0.1) is 6.54 Å². The Morgan fingerprint density at radius 2 is 2.00 bits per heavy atom. The summed E-state index contributed by atoms with van der Waals surface area (Å²) in [5.41, 5.74) is 0.898. The van der Waals surface area contributed by atoms with E-state index in [0.717, 1.165) is 5.56 Å². The molecule has 1 heterocycles. The molecule has 0 aliphatic rings. The zero-order valence-electron chi connectivity index (χ0n) is 13.8. The number of rotatable bonds is 7. The summed E-state index contributed by atoms with van der Waals surface area (Å²) in [6, 6.07) is 8.29. The zero-order valence-corrected chi connectivity index (χ0v) is 13.8. The van der Waals surface area contributed by atoms with Crippen molar-refractivity contribution in [3.8, 4) is 5.75 Å². The molecular formula is C16H20F3N5O. The van der Waals surface area contributed by atoms with Crippen LogP contribution in [0, 0.1) is 0 Å². The van der Waals surface area contributed by atoms with Crippen molar-refractivity contribution in [2.75, 3.05) is 20.2 Å². The molecular weight excluding hydrogens is 335 g/mol. The van der Waals surface area contributed by atoms with Gasteiger partial charge in [0.15, 0.2) is 12.6 Å². The Hall–Kier alpha value is -2.71. The summed E-state index contributed by atoms with van der Waals surface area (Å²) in [5.74, 6) is 0.812. The van der Waals surface area contributed by atoms with Crippen LogP contribution >= 0.6 is 0 Å². The number of alkyl halides is 3. The molecule has 0 saturated heterocycles. The third-order valence-corrected chi connectivity index (χ3v) is 3.20. The molecule has 1 aromatic carbocycles. The maximum Gasteiger partial charge on any atom is 0.422 e. The Bertz CT molecular complexity index is 653. The average molecular weight is 355 g/mol. The second-order valence-electron chi connectivity index (χ2n) is 5.17. The minimum absolute atomic E-state index is 0.183. The second-order valence-corrected chi connectivity index (χ2v) is 5.17. The largest absolute Gasteiger partial charge is 0.484 e. The molecule has 0 amide bonds. The number of guanidine groups is 1. The number of aromatic nitrogens is 2. The van der Waals surface area contributed by atoms with Crippen LogP contribution in [0.1, 0.15) is 5.56 Å². The predicted molar refractivity (Wildman–Crippen MR) is 88.4 cm³/mol. The molecule has 0 spiro atoms. The first-order valence-corrected chi connectivity index (χ1v) is 7.67. The second kappa shape index (κ2) is 8.95. The molecule has 136 valence electrons. The highest BCUT2D eigenvalue weighted by Gasteiger charge is 2.28. The van der Waals surface area contributed by atoms with E-state index < -0.39 is 12.8 Å². The van der Waals surface area contributed by atoms with Crippen LogP contribution in [0.2, 0.25) is 0 Å². The van der Waals surface area contributed by atoms with Crippen molar-refractivity contribution in [3.63, 3.8) is 0 Å². The van der Waals surface area contributed by atoms with Gasteiger partial charge >= 0.3 is 6.18 Å². The molecule has 0 bridgehead atoms. The maximum absolute atomic E-state index is 12.1. The number of hydrogen-bond acceptors (Lipinski definition) is 3. The van der Waals surface area contributed by atoms with Crippen molar-refractivity contribution in [1.29, 1.82) is 0 Å². The first-order valence-electron chi connectivity index (χ1n) is 7.67. The van der Waals surface area contributed by atoms with Crippen LogP contribution in [0.15, 0.2) is 47.7 Å². The zero-order chi connectivity index (χ0) is 18.1. The van der Waals surface area contributed by atoms with Crippen LogP contribution < -0.4 is 15.4 Å². The lowest BCUT2D eigenvalue weighted by Crippen LogP contribution is -2.38. The van der Waals surface area contributed by atoms with Gasteiger partial charge in [-0.05, 0) is 23.8 Å². The summed E-state index contributed by atoms with van der Waals surface area (Å²) in [5, 5.41) is 10.4. The minimum Gasteiger partial charge on any atom is -0.484 e. The lowest BCUT2D eigenvalue weighted by atomic mass is 10.2. The number of halogens is 3. The highest BCUT2D eigenvalue weighted by molar-refractivity contribution is 5.79. The normalized spacial score (nSPS) is 12.1. The number of hydrogen-bond donors (Lipinski definition) is 2. The Kier molecular flexibility index (Phi) is 6.67. The summed E-state index contributed by atoms with van der Waals surface area (Å²) in [4.78, 5) is 4.11. The highest BCUT2D eigenvalue weighted by atomic mass is 19.4. The van der Waals surface area contributed by atoms with Gasteiger partial charge < -0.3 is 15.4 Å². The van der Waals surface area contributed by atoms with E-state index in [-0.39, 0.29) is 5.75 Å². The molecule has 6 nitrogen and oxygen atoms in total. The maximum atomic E-state index is 12.1. The van der Waals surface area contributed by atoms with Crippen LogP contribution in [-0.2, 0) is 13.1 Å². The van der Waals surface area contributed by atoms with Gasteiger partial charge in [0.25, 0.3) is 0 Å². The molecule has 0 aliphatic heterocycles. The third-order valence-electron chi connectivity index (χ3n) is 3.20. The summed E-state index contributed by atoms with van der Waals surface area (Å²) in [7, 11) is 1.66. The molecule has 0 atom stereocenters. The van der Waals surface area contributed by atoms with E-state index in [1.165, 1.54) is 12.1 Å². The van der Waals surface area contributed by atoms with Gasteiger partial charge in [0.1, 0.15) is 5.75 Å². The minimum atomic E-state index is -4.34. The Labute approximate surface area is 143 Å². The summed E-state index contributed by atoms with van der Waals surface area (Å²) < 4.78 is 42.8. The van der Waals surface area contributed by atoms with Gasteiger partial charge in [-0.1, -0.05) is 12.1 Å². The SMILES string of the molecule is CN=C(NCCn1cccn1)NCc1ccc(OCC(F)(F)F)cc1. The van der Waals surface area contributed by atoms with E-state index in [1.807, 2.05) is 12.3 Å². The van der Waals surface area contributed by atoms with E-state index in [9.17, 15) is 13.2 Å². The van der Waals surface area contributed by atoms with Crippen molar-refractivity contribution >= 4 is 5.96 Å². The predicted octanol–water partition coefficient (Wildman–Crippen LogP) is 2.19. The Balaban J connectivity index is 1.73. The summed E-state index contributed by atoms with van der Waals surface area (Å²) in [6.45, 7) is 0.558. The number of nitrogens with one attached hydrogen (secondary N) is 2. The van der Waals surface area contributed by atoms with Crippen molar-refractivity contribution in [3.05, 3.63) is 48.3 Å². The van der Waals surface area contributed by atoms with Crippen LogP contribution in [0.25, 0.3) is 0 Å². The van der Waals surface area contributed by atoms with Crippen molar-refractivity contribution in [2.24, 2.45) is 4.99 Å². The van der Waals surface area contributed by atoms with E-state index in [1.54, 1.807) is 30.1 Å². The quantitative estimate of drug-likeness (QED) is 0.590. The smallest absolute Gasteiger partial charge is 0.422 e. The lowest BCUT2D eigenvalue weighted by molar-refractivity contribution is -0.153. The van der Waals surface area contributed by atoms with Gasteiger partial charge in [-0.3, -0.25) is 9.67 Å². The highest BCUT2D eigenvalue weighted by Crippen LogP contribution is 2.18. The molecule has 0 unspecified atom stereocenters. The molecule has 2 aromatic rings. The molecule has 2 rings (SSSR count). The van der Waals surface area contributed by atoms with Gasteiger partial charge in [-0.15, -0.1) is 0 Å². The first-order chi connectivity index (χ1) is 12.0. The average Bonchev–Trinajstić information content (AvgIpc) is 3.10. The monoisotopic (exact) mass is 355 g/mol. The van der Waals surface area contributed by atoms with Gasteiger partial charge in [-0.25, -0.2) is 0 Å². The van der Waals surface area contributed by atoms with E-state index in [0.29, 0.717) is 25.6 Å². The lowest BCUT2D eigenvalue weighted by Gasteiger charge is -2.13. The number of ether oxygens (including phenoxy) is 1. The fraction of sp³-hybridized carbons (Fsp3) is 0.375. The molecule has 0 radical (unpaired) electrons. The summed E-state index contributed by atoms with van der Waals surface area (Å²) in [6.07, 6.45) is -0.746. The van der Waals surface area contributed by atoms with Crippen LogP contribution in [-0.4, -0.2) is 42.1 Å². The molecule has 2 N–H and O–H groups in total. The van der Waals surface area contributed by atoms with Crippen LogP contribution in [0.4, 0.5) is 13.2 Å². The van der Waals surface area contributed by atoms with Crippen LogP contribution in [0.5, 0.6) is 5.75 Å². The van der Waals surface area contributed by atoms with Crippen molar-refractivity contribution in [2.45, 2.75) is 19.3 Å². The number of nitrogens with zero attached hydrogens (tertiary/aromatic N) is 3. The topological polar surface area (TPSA) is 63.5 Å². The molecule has 0 aliphatic carbocycles. The van der Waals surface area contributed by atoms with Gasteiger partial charge in [0.2, 0.25) is 0 Å². The number of benzene rings is 1. The fourth-order valence-corrected chi connectivity index (χ4v) is 2.00. The molecule has 0 fully saturated rings.